The van der Waals surface area contributed by atoms with Gasteiger partial charge in [-0.2, -0.15) is 0 Å². The van der Waals surface area contributed by atoms with Crippen LogP contribution < -0.4 is 10.1 Å². The molecule has 1 N–H and O–H groups in total. The van der Waals surface area contributed by atoms with Crippen molar-refractivity contribution in [3.63, 3.8) is 0 Å². The zero-order valence-corrected chi connectivity index (χ0v) is 23.6. The van der Waals surface area contributed by atoms with E-state index in [4.69, 9.17) is 14.2 Å². The Hall–Kier alpha value is -3.59. The third kappa shape index (κ3) is 9.90. The van der Waals surface area contributed by atoms with Gasteiger partial charge < -0.3 is 24.4 Å². The zero-order chi connectivity index (χ0) is 28.5. The highest BCUT2D eigenvalue weighted by Crippen LogP contribution is 2.28. The number of hydrogen-bond acceptors (Lipinski definition) is 7. The first-order valence-corrected chi connectivity index (χ1v) is 13.4. The molecule has 1 saturated heterocycles. The lowest BCUT2D eigenvalue weighted by Crippen LogP contribution is -2.54. The van der Waals surface area contributed by atoms with E-state index in [9.17, 15) is 14.4 Å². The molecule has 1 heterocycles. The van der Waals surface area contributed by atoms with Crippen molar-refractivity contribution in [3.8, 4) is 5.75 Å². The van der Waals surface area contributed by atoms with E-state index in [1.54, 1.807) is 29.2 Å². The fourth-order valence-corrected chi connectivity index (χ4v) is 4.20. The normalized spacial score (nSPS) is 15.3. The maximum Gasteiger partial charge on any atom is 0.413 e. The quantitative estimate of drug-likeness (QED) is 0.455. The Morgan fingerprint density at radius 2 is 1.46 bits per heavy atom. The van der Waals surface area contributed by atoms with Gasteiger partial charge in [0.15, 0.2) is 0 Å². The van der Waals surface area contributed by atoms with E-state index in [2.05, 4.69) is 10.2 Å². The van der Waals surface area contributed by atoms with Gasteiger partial charge >= 0.3 is 18.2 Å². The van der Waals surface area contributed by atoms with Gasteiger partial charge in [0, 0.05) is 26.2 Å². The summed E-state index contributed by atoms with van der Waals surface area (Å²) in [7, 11) is 0. The van der Waals surface area contributed by atoms with Crippen LogP contribution in [0.4, 0.5) is 9.59 Å². The van der Waals surface area contributed by atoms with Crippen LogP contribution in [0.15, 0.2) is 60.7 Å². The number of carbonyl (C=O) groups excluding carboxylic acids is 3. The topological polar surface area (TPSA) is 97.4 Å². The average Bonchev–Trinajstić information content (AvgIpc) is 2.89. The number of rotatable bonds is 9. The summed E-state index contributed by atoms with van der Waals surface area (Å²) in [4.78, 5) is 42.4. The Labute approximate surface area is 231 Å². The number of hydrogen-bond donors (Lipinski definition) is 1. The molecule has 2 amide bonds. The number of esters is 1. The number of para-hydroxylation sites is 1. The summed E-state index contributed by atoms with van der Waals surface area (Å²) >= 11 is 0. The van der Waals surface area contributed by atoms with Crippen LogP contribution in [0.5, 0.6) is 5.75 Å². The summed E-state index contributed by atoms with van der Waals surface area (Å²) in [6.07, 6.45) is -0.414. The average molecular weight is 540 g/mol. The molecule has 2 aromatic carbocycles. The van der Waals surface area contributed by atoms with E-state index in [0.717, 1.165) is 5.56 Å². The third-order valence-corrected chi connectivity index (χ3v) is 6.55. The second-order valence-electron chi connectivity index (χ2n) is 11.4. The van der Waals surface area contributed by atoms with Gasteiger partial charge in [-0.3, -0.25) is 4.90 Å². The SMILES string of the molecule is CC(C)(C)OC(=O)N1CCN(CCC(C)(C)[C@H](NC(=O)Oc2ccccc2)C(=O)OCc2ccccc2)CC1. The Morgan fingerprint density at radius 1 is 0.872 bits per heavy atom. The van der Waals surface area contributed by atoms with Crippen molar-refractivity contribution >= 4 is 18.2 Å². The lowest BCUT2D eigenvalue weighted by atomic mass is 9.81. The van der Waals surface area contributed by atoms with E-state index in [1.165, 1.54) is 0 Å². The van der Waals surface area contributed by atoms with Crippen molar-refractivity contribution in [2.75, 3.05) is 32.7 Å². The molecule has 0 aromatic heterocycles. The second kappa shape index (κ2) is 13.5. The van der Waals surface area contributed by atoms with Gasteiger partial charge in [0.05, 0.1) is 0 Å². The van der Waals surface area contributed by atoms with Crippen LogP contribution in [0.2, 0.25) is 0 Å². The molecular weight excluding hydrogens is 498 g/mol. The van der Waals surface area contributed by atoms with Crippen molar-refractivity contribution in [3.05, 3.63) is 66.2 Å². The molecule has 1 aliphatic rings. The molecule has 0 saturated carbocycles. The second-order valence-corrected chi connectivity index (χ2v) is 11.4. The number of benzene rings is 2. The molecule has 1 atom stereocenters. The monoisotopic (exact) mass is 539 g/mol. The molecule has 0 unspecified atom stereocenters. The van der Waals surface area contributed by atoms with E-state index >= 15 is 0 Å². The van der Waals surface area contributed by atoms with Crippen molar-refractivity contribution in [1.29, 1.82) is 0 Å². The first kappa shape index (κ1) is 30.0. The molecule has 2 aromatic rings. The van der Waals surface area contributed by atoms with Crippen molar-refractivity contribution in [2.45, 2.75) is 59.3 Å². The molecule has 3 rings (SSSR count). The number of nitrogens with one attached hydrogen (secondary N) is 1. The molecule has 9 heteroatoms. The van der Waals surface area contributed by atoms with Crippen molar-refractivity contribution in [1.82, 2.24) is 15.1 Å². The van der Waals surface area contributed by atoms with Crippen LogP contribution in [0, 0.1) is 5.41 Å². The number of ether oxygens (including phenoxy) is 3. The number of amides is 2. The minimum atomic E-state index is -0.930. The van der Waals surface area contributed by atoms with Gasteiger partial charge in [-0.15, -0.1) is 0 Å². The van der Waals surface area contributed by atoms with E-state index in [-0.39, 0.29) is 12.7 Å². The number of piperazine rings is 1. The Kier molecular flexibility index (Phi) is 10.3. The molecule has 39 heavy (non-hydrogen) atoms. The minimum absolute atomic E-state index is 0.105. The zero-order valence-electron chi connectivity index (χ0n) is 23.6. The highest BCUT2D eigenvalue weighted by Gasteiger charge is 2.39. The fourth-order valence-electron chi connectivity index (χ4n) is 4.20. The number of carbonyl (C=O) groups is 3. The third-order valence-electron chi connectivity index (χ3n) is 6.55. The predicted octanol–water partition coefficient (Wildman–Crippen LogP) is 4.86. The van der Waals surface area contributed by atoms with Gasteiger partial charge in [-0.25, -0.2) is 14.4 Å². The molecule has 0 radical (unpaired) electrons. The maximum absolute atomic E-state index is 13.3. The van der Waals surface area contributed by atoms with Gasteiger partial charge in [-0.05, 0) is 56.8 Å². The summed E-state index contributed by atoms with van der Waals surface area (Å²) in [6, 6.07) is 17.2. The predicted molar refractivity (Wildman–Crippen MR) is 148 cm³/mol. The summed E-state index contributed by atoms with van der Waals surface area (Å²) in [5, 5.41) is 2.75. The van der Waals surface area contributed by atoms with Crippen LogP contribution in [0.3, 0.4) is 0 Å². The summed E-state index contributed by atoms with van der Waals surface area (Å²) in [6.45, 7) is 12.8. The smallest absolute Gasteiger partial charge is 0.413 e. The Morgan fingerprint density at radius 3 is 2.05 bits per heavy atom. The maximum atomic E-state index is 13.3. The summed E-state index contributed by atoms with van der Waals surface area (Å²) in [5.74, 6) is -0.143. The van der Waals surface area contributed by atoms with Crippen LogP contribution in [-0.4, -0.2) is 72.3 Å². The molecule has 9 nitrogen and oxygen atoms in total. The van der Waals surface area contributed by atoms with E-state index < -0.39 is 29.1 Å². The molecule has 0 bridgehead atoms. The largest absolute Gasteiger partial charge is 0.459 e. The van der Waals surface area contributed by atoms with Gasteiger partial charge in [-0.1, -0.05) is 62.4 Å². The highest BCUT2D eigenvalue weighted by molar-refractivity contribution is 5.83. The van der Waals surface area contributed by atoms with Crippen LogP contribution >= 0.6 is 0 Å². The first-order valence-electron chi connectivity index (χ1n) is 13.4. The van der Waals surface area contributed by atoms with Gasteiger partial charge in [0.25, 0.3) is 0 Å². The lowest BCUT2D eigenvalue weighted by molar-refractivity contribution is -0.150. The fraction of sp³-hybridized carbons (Fsp3) is 0.500. The number of nitrogens with zero attached hydrogens (tertiary/aromatic N) is 2. The van der Waals surface area contributed by atoms with E-state index in [1.807, 2.05) is 71.0 Å². The molecule has 0 spiro atoms. The molecular formula is C30H41N3O6. The molecule has 1 aliphatic heterocycles. The molecule has 1 fully saturated rings. The molecule has 212 valence electrons. The van der Waals surface area contributed by atoms with Crippen molar-refractivity contribution < 1.29 is 28.6 Å². The Balaban J connectivity index is 1.60. The summed E-state index contributed by atoms with van der Waals surface area (Å²) in [5.41, 5.74) is -0.319. The van der Waals surface area contributed by atoms with Gasteiger partial charge in [0.2, 0.25) is 0 Å². The van der Waals surface area contributed by atoms with Crippen LogP contribution in [0.25, 0.3) is 0 Å². The first-order chi connectivity index (χ1) is 18.4. The lowest BCUT2D eigenvalue weighted by Gasteiger charge is -2.38. The standard InChI is InChI=1S/C30H41N3O6/c1-29(2,3)39-28(36)33-20-18-32(19-21-33)17-16-30(4,5)25(26(34)37-22-23-12-8-6-9-13-23)31-27(35)38-24-14-10-7-11-15-24/h6-15,25H,16-22H2,1-5H3,(H,31,35)/t25-/m1/s1. The minimum Gasteiger partial charge on any atom is -0.459 e. The van der Waals surface area contributed by atoms with Crippen molar-refractivity contribution in [2.24, 2.45) is 5.41 Å². The molecule has 0 aliphatic carbocycles. The van der Waals surface area contributed by atoms with Gasteiger partial charge in [0.1, 0.15) is 24.0 Å². The van der Waals surface area contributed by atoms with Crippen LogP contribution in [0.1, 0.15) is 46.6 Å². The Bertz CT molecular complexity index is 1080. The summed E-state index contributed by atoms with van der Waals surface area (Å²) < 4.78 is 16.5. The highest BCUT2D eigenvalue weighted by atomic mass is 16.6. The van der Waals surface area contributed by atoms with E-state index in [0.29, 0.717) is 44.9 Å². The van der Waals surface area contributed by atoms with Crippen LogP contribution in [-0.2, 0) is 20.9 Å².